The van der Waals surface area contributed by atoms with Crippen LogP contribution in [0.3, 0.4) is 0 Å². The summed E-state index contributed by atoms with van der Waals surface area (Å²) in [6, 6.07) is -1.72. The Labute approximate surface area is 135 Å². The maximum atomic E-state index is 12.0. The lowest BCUT2D eigenvalue weighted by Gasteiger charge is -2.38. The van der Waals surface area contributed by atoms with Gasteiger partial charge in [0, 0.05) is 32.1 Å². The Bertz CT molecular complexity index is 563. The Hall–Kier alpha value is -2.82. The quantitative estimate of drug-likeness (QED) is 0.540. The first kappa shape index (κ1) is 17.5. The monoisotopic (exact) mass is 341 g/mol. The summed E-state index contributed by atoms with van der Waals surface area (Å²) in [6.45, 7) is 0. The highest BCUT2D eigenvalue weighted by Gasteiger charge is 2.48. The minimum absolute atomic E-state index is 0.184. The topological polar surface area (TPSA) is 153 Å². The second-order valence-corrected chi connectivity index (χ2v) is 5.31. The van der Waals surface area contributed by atoms with E-state index in [2.05, 4.69) is 0 Å². The van der Waals surface area contributed by atoms with Gasteiger partial charge in [0.1, 0.15) is 6.04 Å². The molecule has 0 aromatic carbocycles. The molecule has 0 aromatic heterocycles. The van der Waals surface area contributed by atoms with Crippen molar-refractivity contribution >= 4 is 35.6 Å². The molecule has 24 heavy (non-hydrogen) atoms. The van der Waals surface area contributed by atoms with Gasteiger partial charge in [-0.05, 0) is 6.42 Å². The molecule has 1 atom stereocenters. The largest absolute Gasteiger partial charge is 0.481 e. The Morgan fingerprint density at radius 2 is 1.25 bits per heavy atom. The van der Waals surface area contributed by atoms with Gasteiger partial charge in [0.05, 0.1) is 0 Å². The first-order valence-electron chi connectivity index (χ1n) is 7.19. The molecule has 0 bridgehead atoms. The second-order valence-electron chi connectivity index (χ2n) is 5.31. The van der Waals surface area contributed by atoms with Crippen LogP contribution in [0.15, 0.2) is 0 Å². The predicted octanol–water partition coefficient (Wildman–Crippen LogP) is -1.27. The fourth-order valence-electron chi connectivity index (χ4n) is 2.55. The highest BCUT2D eigenvalue weighted by atomic mass is 16.4. The number of rotatable bonds is 7. The molecule has 2 aliphatic rings. The molecule has 0 radical (unpaired) electrons. The highest BCUT2D eigenvalue weighted by molar-refractivity contribution is 6.04. The van der Waals surface area contributed by atoms with E-state index in [1.807, 2.05) is 0 Å². The van der Waals surface area contributed by atoms with Crippen LogP contribution in [-0.2, 0) is 28.8 Å². The van der Waals surface area contributed by atoms with Gasteiger partial charge in [0.2, 0.25) is 23.6 Å². The van der Waals surface area contributed by atoms with Crippen LogP contribution in [0.4, 0.5) is 0 Å². The van der Waals surface area contributed by atoms with Crippen LogP contribution in [-0.4, -0.2) is 67.0 Å². The standard InChI is InChI=1S/C13H15N3O8/c17-8-2-3-9(18)14(8)16(15-10(19)4-5-11(15)20)7(13(23)24)1-6-12(21)22/h7H,1-6H2,(H,21,22)(H,23,24)/t7-/m0/s1. The first-order valence-corrected chi connectivity index (χ1v) is 7.19. The second kappa shape index (κ2) is 6.74. The molecule has 2 aliphatic heterocycles. The van der Waals surface area contributed by atoms with Gasteiger partial charge in [-0.15, -0.1) is 0 Å². The van der Waals surface area contributed by atoms with Crippen LogP contribution in [0.1, 0.15) is 38.5 Å². The van der Waals surface area contributed by atoms with E-state index in [4.69, 9.17) is 5.11 Å². The summed E-state index contributed by atoms with van der Waals surface area (Å²) >= 11 is 0. The normalized spacial score (nSPS) is 19.5. The van der Waals surface area contributed by atoms with E-state index in [0.29, 0.717) is 15.1 Å². The molecule has 11 nitrogen and oxygen atoms in total. The molecule has 0 unspecified atom stereocenters. The summed E-state index contributed by atoms with van der Waals surface area (Å²) in [5, 5.41) is 19.6. The van der Waals surface area contributed by atoms with Gasteiger partial charge >= 0.3 is 11.9 Å². The van der Waals surface area contributed by atoms with E-state index in [1.54, 1.807) is 0 Å². The van der Waals surface area contributed by atoms with Gasteiger partial charge in [-0.3, -0.25) is 28.8 Å². The van der Waals surface area contributed by atoms with Gasteiger partial charge in [0.25, 0.3) is 0 Å². The van der Waals surface area contributed by atoms with E-state index in [1.165, 1.54) is 0 Å². The van der Waals surface area contributed by atoms with E-state index in [0.717, 1.165) is 0 Å². The van der Waals surface area contributed by atoms with Crippen LogP contribution < -0.4 is 0 Å². The predicted molar refractivity (Wildman–Crippen MR) is 72.3 cm³/mol. The van der Waals surface area contributed by atoms with Gasteiger partial charge < -0.3 is 10.2 Å². The van der Waals surface area contributed by atoms with Crippen LogP contribution >= 0.6 is 0 Å². The molecule has 2 fully saturated rings. The summed E-state index contributed by atoms with van der Waals surface area (Å²) in [5.41, 5.74) is 0. The van der Waals surface area contributed by atoms with Crippen molar-refractivity contribution in [1.82, 2.24) is 15.1 Å². The number of amides is 4. The molecule has 130 valence electrons. The van der Waals surface area contributed by atoms with Gasteiger partial charge in [0.15, 0.2) is 0 Å². The Kier molecular flexibility index (Phi) is 4.93. The lowest BCUT2D eigenvalue weighted by Crippen LogP contribution is -2.63. The summed E-state index contributed by atoms with van der Waals surface area (Å²) < 4.78 is 0. The third-order valence-electron chi connectivity index (χ3n) is 3.66. The van der Waals surface area contributed by atoms with Crippen molar-refractivity contribution in [3.8, 4) is 0 Å². The number of carboxylic acid groups (broad SMARTS) is 2. The maximum Gasteiger partial charge on any atom is 0.324 e. The molecule has 2 heterocycles. The molecule has 0 aromatic rings. The van der Waals surface area contributed by atoms with Crippen molar-refractivity contribution in [2.75, 3.05) is 0 Å². The van der Waals surface area contributed by atoms with Crippen molar-refractivity contribution < 1.29 is 39.0 Å². The maximum absolute atomic E-state index is 12.0. The lowest BCUT2D eigenvalue weighted by atomic mass is 10.1. The smallest absolute Gasteiger partial charge is 0.324 e. The Morgan fingerprint density at radius 3 is 1.54 bits per heavy atom. The number of hydrogen-bond donors (Lipinski definition) is 2. The van der Waals surface area contributed by atoms with Crippen molar-refractivity contribution in [2.45, 2.75) is 44.6 Å². The third-order valence-corrected chi connectivity index (χ3v) is 3.66. The van der Waals surface area contributed by atoms with Gasteiger partial charge in [-0.25, -0.2) is 0 Å². The molecular formula is C13H15N3O8. The first-order chi connectivity index (χ1) is 11.2. The zero-order valence-corrected chi connectivity index (χ0v) is 12.5. The van der Waals surface area contributed by atoms with Gasteiger partial charge in [-0.1, -0.05) is 5.12 Å². The molecule has 2 saturated heterocycles. The molecule has 2 N–H and O–H groups in total. The minimum Gasteiger partial charge on any atom is -0.481 e. The van der Waals surface area contributed by atoms with Crippen molar-refractivity contribution in [1.29, 1.82) is 0 Å². The van der Waals surface area contributed by atoms with Gasteiger partial charge in [-0.2, -0.15) is 10.0 Å². The molecule has 0 spiro atoms. The van der Waals surface area contributed by atoms with Crippen LogP contribution in [0.5, 0.6) is 0 Å². The highest BCUT2D eigenvalue weighted by Crippen LogP contribution is 2.26. The van der Waals surface area contributed by atoms with Crippen molar-refractivity contribution in [2.24, 2.45) is 0 Å². The lowest BCUT2D eigenvalue weighted by molar-refractivity contribution is -0.211. The molecule has 0 aliphatic carbocycles. The molecule has 4 amide bonds. The van der Waals surface area contributed by atoms with E-state index < -0.39 is 54.5 Å². The summed E-state index contributed by atoms with van der Waals surface area (Å²) in [5.74, 6) is -5.87. The third kappa shape index (κ3) is 3.25. The number of imide groups is 2. The summed E-state index contributed by atoms with van der Waals surface area (Å²) in [4.78, 5) is 70.2. The molecule has 2 rings (SSSR count). The van der Waals surface area contributed by atoms with Crippen LogP contribution in [0.2, 0.25) is 0 Å². The van der Waals surface area contributed by atoms with Crippen molar-refractivity contribution in [3.63, 3.8) is 0 Å². The average molecular weight is 341 g/mol. The Morgan fingerprint density at radius 1 is 0.875 bits per heavy atom. The number of hydrazine groups is 2. The van der Waals surface area contributed by atoms with Crippen LogP contribution in [0, 0.1) is 0 Å². The number of hydrogen-bond acceptors (Lipinski definition) is 7. The summed E-state index contributed by atoms with van der Waals surface area (Å²) in [6.07, 6.45) is -1.82. The zero-order valence-electron chi connectivity index (χ0n) is 12.5. The average Bonchev–Trinajstić information content (AvgIpc) is 2.98. The fourth-order valence-corrected chi connectivity index (χ4v) is 2.55. The zero-order chi connectivity index (χ0) is 18.0. The van der Waals surface area contributed by atoms with E-state index in [-0.39, 0.29) is 25.7 Å². The summed E-state index contributed by atoms with van der Waals surface area (Å²) in [7, 11) is 0. The number of carbonyl (C=O) groups is 6. The Balaban J connectivity index is 2.43. The van der Waals surface area contributed by atoms with E-state index >= 15 is 0 Å². The van der Waals surface area contributed by atoms with Crippen LogP contribution in [0.25, 0.3) is 0 Å². The number of carbonyl (C=O) groups excluding carboxylic acids is 4. The number of carboxylic acids is 2. The number of aliphatic carboxylic acids is 2. The van der Waals surface area contributed by atoms with E-state index in [9.17, 15) is 33.9 Å². The SMILES string of the molecule is O=C(O)CC[C@@H](C(=O)O)N(N1C(=O)CCC1=O)N1C(=O)CCC1=O. The van der Waals surface area contributed by atoms with Crippen molar-refractivity contribution in [3.05, 3.63) is 0 Å². The molecule has 0 saturated carbocycles. The number of nitrogens with zero attached hydrogens (tertiary/aromatic N) is 3. The fraction of sp³-hybridized carbons (Fsp3) is 0.538. The molecular weight excluding hydrogens is 326 g/mol. The molecule has 11 heteroatoms. The minimum atomic E-state index is -1.72.